The first-order valence-corrected chi connectivity index (χ1v) is 11.4. The van der Waals surface area contributed by atoms with Crippen LogP contribution in [0.5, 0.6) is 5.75 Å². The van der Waals surface area contributed by atoms with Gasteiger partial charge in [-0.25, -0.2) is 0 Å². The van der Waals surface area contributed by atoms with Gasteiger partial charge in [-0.05, 0) is 55.8 Å². The molecule has 1 heterocycles. The predicted molar refractivity (Wildman–Crippen MR) is 133 cm³/mol. The Labute approximate surface area is 213 Å². The molecule has 1 N–H and O–H groups in total. The number of alkyl halides is 3. The van der Waals surface area contributed by atoms with E-state index in [0.29, 0.717) is 16.1 Å². The molecule has 0 aliphatic carbocycles. The molecule has 0 spiro atoms. The minimum absolute atomic E-state index is 0.0323. The van der Waals surface area contributed by atoms with E-state index < -0.39 is 34.9 Å². The third-order valence-electron chi connectivity index (χ3n) is 5.40. The van der Waals surface area contributed by atoms with Crippen molar-refractivity contribution in [3.8, 4) is 17.1 Å². The number of benzene rings is 3. The second-order valence-electron chi connectivity index (χ2n) is 7.96. The average Bonchev–Trinajstić information content (AvgIpc) is 2.82. The fourth-order valence-electron chi connectivity index (χ4n) is 3.53. The summed E-state index contributed by atoms with van der Waals surface area (Å²) >= 11 is 12.5. The molecule has 1 aromatic heterocycles. The molecule has 5 nitrogen and oxygen atoms in total. The molecule has 0 saturated heterocycles. The van der Waals surface area contributed by atoms with Crippen molar-refractivity contribution in [3.05, 3.63) is 92.1 Å². The molecule has 0 fully saturated rings. The number of carbonyl (C=O) groups excluding carboxylic acids is 1. The van der Waals surface area contributed by atoms with E-state index >= 15 is 0 Å². The van der Waals surface area contributed by atoms with E-state index in [1.807, 2.05) is 0 Å². The lowest BCUT2D eigenvalue weighted by Crippen LogP contribution is -2.32. The normalized spacial score (nSPS) is 12.4. The minimum Gasteiger partial charge on any atom is -0.473 e. The number of aryl methyl sites for hydroxylation is 1. The van der Waals surface area contributed by atoms with Gasteiger partial charge in [0.2, 0.25) is 11.2 Å². The number of ether oxygens (including phenoxy) is 1. The van der Waals surface area contributed by atoms with Gasteiger partial charge in [0.25, 0.3) is 5.91 Å². The molecular weight excluding hydrogens is 518 g/mol. The zero-order valence-corrected chi connectivity index (χ0v) is 20.4. The Morgan fingerprint density at radius 2 is 1.69 bits per heavy atom. The van der Waals surface area contributed by atoms with E-state index in [1.54, 1.807) is 37.3 Å². The zero-order valence-electron chi connectivity index (χ0n) is 18.9. The second kappa shape index (κ2) is 9.87. The fraction of sp³-hybridized carbons (Fsp3) is 0.154. The van der Waals surface area contributed by atoms with Gasteiger partial charge in [0.05, 0.1) is 21.7 Å². The van der Waals surface area contributed by atoms with Gasteiger partial charge in [0.15, 0.2) is 11.9 Å². The average molecular weight is 536 g/mol. The first-order valence-electron chi connectivity index (χ1n) is 10.6. The van der Waals surface area contributed by atoms with Crippen LogP contribution in [0.4, 0.5) is 18.9 Å². The highest BCUT2D eigenvalue weighted by Gasteiger charge is 2.34. The van der Waals surface area contributed by atoms with Gasteiger partial charge < -0.3 is 14.5 Å². The molecule has 186 valence electrons. The molecule has 4 rings (SSSR count). The minimum atomic E-state index is -4.68. The fourth-order valence-corrected chi connectivity index (χ4v) is 3.92. The van der Waals surface area contributed by atoms with Crippen LogP contribution in [0, 0.1) is 6.92 Å². The van der Waals surface area contributed by atoms with Crippen LogP contribution in [0.2, 0.25) is 10.0 Å². The summed E-state index contributed by atoms with van der Waals surface area (Å²) in [5.74, 6) is -1.27. The van der Waals surface area contributed by atoms with Crippen LogP contribution >= 0.6 is 23.2 Å². The van der Waals surface area contributed by atoms with E-state index in [2.05, 4.69) is 5.32 Å². The molecular formula is C26H18Cl2F3NO4. The van der Waals surface area contributed by atoms with Crippen molar-refractivity contribution in [3.63, 3.8) is 0 Å². The molecule has 0 aliphatic rings. The number of amides is 1. The summed E-state index contributed by atoms with van der Waals surface area (Å²) in [5.41, 5.74) is -0.858. The van der Waals surface area contributed by atoms with E-state index in [9.17, 15) is 22.8 Å². The van der Waals surface area contributed by atoms with Gasteiger partial charge in [0.1, 0.15) is 5.58 Å². The van der Waals surface area contributed by atoms with Crippen LogP contribution in [0.3, 0.4) is 0 Å². The maximum absolute atomic E-state index is 13.4. The summed E-state index contributed by atoms with van der Waals surface area (Å²) in [6.45, 7) is 3.04. The SMILES string of the molecule is Cc1cc2oc(-c3ccccc3Cl)c(OC(C)C(=O)Nc3ccccc3C(F)(F)F)c(=O)c2cc1Cl. The lowest BCUT2D eigenvalue weighted by Gasteiger charge is -2.19. The van der Waals surface area contributed by atoms with Crippen molar-refractivity contribution in [2.24, 2.45) is 0 Å². The number of halogens is 5. The molecule has 1 atom stereocenters. The van der Waals surface area contributed by atoms with Gasteiger partial charge in [-0.1, -0.05) is 47.5 Å². The van der Waals surface area contributed by atoms with Crippen molar-refractivity contribution in [1.82, 2.24) is 0 Å². The van der Waals surface area contributed by atoms with E-state index in [0.717, 1.165) is 12.1 Å². The summed E-state index contributed by atoms with van der Waals surface area (Å²) in [5, 5.41) is 2.90. The number of nitrogens with one attached hydrogen (secondary N) is 1. The maximum atomic E-state index is 13.4. The van der Waals surface area contributed by atoms with Crippen molar-refractivity contribution in [2.45, 2.75) is 26.1 Å². The first-order chi connectivity index (χ1) is 17.0. The van der Waals surface area contributed by atoms with Gasteiger partial charge in [-0.3, -0.25) is 9.59 Å². The maximum Gasteiger partial charge on any atom is 0.418 e. The monoisotopic (exact) mass is 535 g/mol. The standard InChI is InChI=1S/C26H18Cl2F3NO4/c1-13-11-21-16(12-19(13)28)22(33)24(23(36-21)15-7-3-5-9-18(15)27)35-14(2)25(34)32-20-10-6-4-8-17(20)26(29,30)31/h3-12,14H,1-2H3,(H,32,34). The quantitative estimate of drug-likeness (QED) is 0.287. The summed E-state index contributed by atoms with van der Waals surface area (Å²) in [4.78, 5) is 26.2. The number of rotatable bonds is 5. The Morgan fingerprint density at radius 3 is 2.39 bits per heavy atom. The third kappa shape index (κ3) is 5.05. The Kier molecular flexibility index (Phi) is 7.02. The Morgan fingerprint density at radius 1 is 1.03 bits per heavy atom. The highest BCUT2D eigenvalue weighted by molar-refractivity contribution is 6.33. The van der Waals surface area contributed by atoms with Gasteiger partial charge in [-0.15, -0.1) is 0 Å². The van der Waals surface area contributed by atoms with Crippen molar-refractivity contribution in [2.75, 3.05) is 5.32 Å². The Hall–Kier alpha value is -3.49. The molecule has 0 bridgehead atoms. The third-order valence-corrected chi connectivity index (χ3v) is 6.14. The Balaban J connectivity index is 1.77. The number of anilines is 1. The second-order valence-corrected chi connectivity index (χ2v) is 8.77. The first kappa shape index (κ1) is 25.6. The molecule has 0 radical (unpaired) electrons. The molecule has 4 aromatic rings. The van der Waals surface area contributed by atoms with E-state index in [-0.39, 0.29) is 27.5 Å². The van der Waals surface area contributed by atoms with Crippen LogP contribution < -0.4 is 15.5 Å². The molecule has 10 heteroatoms. The lowest BCUT2D eigenvalue weighted by molar-refractivity contribution is -0.137. The highest BCUT2D eigenvalue weighted by Crippen LogP contribution is 2.37. The lowest BCUT2D eigenvalue weighted by atomic mass is 10.1. The van der Waals surface area contributed by atoms with Gasteiger partial charge in [-0.2, -0.15) is 13.2 Å². The summed E-state index contributed by atoms with van der Waals surface area (Å²) in [6.07, 6.45) is -6.06. The van der Waals surface area contributed by atoms with Crippen molar-refractivity contribution >= 4 is 45.8 Å². The molecule has 0 aliphatic heterocycles. The largest absolute Gasteiger partial charge is 0.473 e. The van der Waals surface area contributed by atoms with Crippen LogP contribution in [0.15, 0.2) is 69.9 Å². The summed E-state index contributed by atoms with van der Waals surface area (Å²) < 4.78 is 51.7. The highest BCUT2D eigenvalue weighted by atomic mass is 35.5. The molecule has 1 unspecified atom stereocenters. The summed E-state index contributed by atoms with van der Waals surface area (Å²) in [6, 6.07) is 14.1. The number of fused-ring (bicyclic) bond motifs is 1. The molecule has 36 heavy (non-hydrogen) atoms. The zero-order chi connectivity index (χ0) is 26.2. The number of para-hydroxylation sites is 1. The molecule has 1 amide bonds. The summed E-state index contributed by atoms with van der Waals surface area (Å²) in [7, 11) is 0. The molecule has 3 aromatic carbocycles. The van der Waals surface area contributed by atoms with Crippen molar-refractivity contribution in [1.29, 1.82) is 0 Å². The van der Waals surface area contributed by atoms with Gasteiger partial charge >= 0.3 is 6.18 Å². The number of carbonyl (C=O) groups is 1. The van der Waals surface area contributed by atoms with Gasteiger partial charge in [0, 0.05) is 10.6 Å². The predicted octanol–water partition coefficient (Wildman–Crippen LogP) is 7.50. The number of hydrogen-bond acceptors (Lipinski definition) is 4. The van der Waals surface area contributed by atoms with Crippen LogP contribution in [0.1, 0.15) is 18.1 Å². The number of hydrogen-bond donors (Lipinski definition) is 1. The van der Waals surface area contributed by atoms with E-state index in [1.165, 1.54) is 25.1 Å². The smallest absolute Gasteiger partial charge is 0.418 e. The van der Waals surface area contributed by atoms with Crippen LogP contribution in [-0.4, -0.2) is 12.0 Å². The van der Waals surface area contributed by atoms with Crippen LogP contribution in [-0.2, 0) is 11.0 Å². The van der Waals surface area contributed by atoms with Crippen molar-refractivity contribution < 1.29 is 27.1 Å². The van der Waals surface area contributed by atoms with Crippen LogP contribution in [0.25, 0.3) is 22.3 Å². The Bertz CT molecular complexity index is 1530. The topological polar surface area (TPSA) is 68.5 Å². The molecule has 0 saturated carbocycles. The van der Waals surface area contributed by atoms with E-state index in [4.69, 9.17) is 32.4 Å².